The molecule has 2 aromatic rings. The molecule has 0 aliphatic carbocycles. The summed E-state index contributed by atoms with van der Waals surface area (Å²) in [7, 11) is 0. The third kappa shape index (κ3) is 6.60. The van der Waals surface area contributed by atoms with E-state index in [1.54, 1.807) is 24.4 Å². The number of rotatable bonds is 8. The molecule has 3 rings (SSSR count). The molecular weight excluding hydrogens is 494 g/mol. The van der Waals surface area contributed by atoms with Crippen LogP contribution in [-0.4, -0.2) is 56.2 Å². The average molecular weight is 516 g/mol. The number of hydrogen-bond acceptors (Lipinski definition) is 10. The molecule has 0 radical (unpaired) electrons. The highest BCUT2D eigenvalue weighted by Crippen LogP contribution is 2.25. The lowest BCUT2D eigenvalue weighted by molar-refractivity contribution is -0.575. The van der Waals surface area contributed by atoms with Gasteiger partial charge in [-0.3, -0.25) is 20.2 Å². The van der Waals surface area contributed by atoms with Gasteiger partial charge in [0.2, 0.25) is 0 Å². The minimum absolute atomic E-state index is 0.0994. The predicted octanol–water partition coefficient (Wildman–Crippen LogP) is 3.50. The Hall–Kier alpha value is -4.38. The van der Waals surface area contributed by atoms with Gasteiger partial charge in [-0.1, -0.05) is 18.2 Å². The minimum Gasteiger partial charge on any atom is -0.445 e. The van der Waals surface area contributed by atoms with Gasteiger partial charge in [0, 0.05) is 23.9 Å². The van der Waals surface area contributed by atoms with Crippen molar-refractivity contribution in [3.05, 3.63) is 86.0 Å². The lowest BCUT2D eigenvalue weighted by Crippen LogP contribution is -2.44. The number of likely N-dealkylation sites (tertiary alicyclic amines) is 1. The van der Waals surface area contributed by atoms with E-state index in [0.717, 1.165) is 0 Å². The first-order valence-corrected chi connectivity index (χ1v) is 11.1. The zero-order valence-corrected chi connectivity index (χ0v) is 19.6. The van der Waals surface area contributed by atoms with E-state index in [1.807, 2.05) is 0 Å². The fourth-order valence-corrected chi connectivity index (χ4v) is 4.03. The maximum absolute atomic E-state index is 12.7. The van der Waals surface area contributed by atoms with Crippen LogP contribution in [0.15, 0.2) is 54.6 Å². The molecule has 188 valence electrons. The number of carbonyl (C=O) groups is 2. The molecule has 0 spiro atoms. The molecule has 0 saturated carbocycles. The van der Waals surface area contributed by atoms with Crippen molar-refractivity contribution in [2.24, 2.45) is 0 Å². The number of carbonyl (C=O) groups excluding carboxylic acids is 2. The van der Waals surface area contributed by atoms with Crippen molar-refractivity contribution < 1.29 is 28.9 Å². The largest absolute Gasteiger partial charge is 0.445 e. The lowest BCUT2D eigenvalue weighted by Gasteiger charge is -2.26. The molecule has 36 heavy (non-hydrogen) atoms. The summed E-state index contributed by atoms with van der Waals surface area (Å²) in [5, 5.41) is 31.4. The van der Waals surface area contributed by atoms with E-state index in [-0.39, 0.29) is 36.2 Å². The molecule has 0 N–H and O–H groups in total. The van der Waals surface area contributed by atoms with Crippen LogP contribution in [0.4, 0.5) is 15.3 Å². The Balaban J connectivity index is 1.63. The highest BCUT2D eigenvalue weighted by molar-refractivity contribution is 7.81. The standard InChI is InChI=1S/C22H21N5O8S/c23-14-24(21(28)35-20(27(32)33)16-4-2-1-3-5-16)11-18-10-19(36)12-25(18)22(29)34-13-15-6-8-17(9-7-15)26(30)31/h1-9,18-20,36H,10-13H2. The van der Waals surface area contributed by atoms with Gasteiger partial charge >= 0.3 is 18.4 Å². The van der Waals surface area contributed by atoms with E-state index in [0.29, 0.717) is 16.9 Å². The molecule has 14 heteroatoms. The first kappa shape index (κ1) is 26.2. The second-order valence-electron chi connectivity index (χ2n) is 7.82. The van der Waals surface area contributed by atoms with Crippen LogP contribution in [-0.2, 0) is 16.1 Å². The van der Waals surface area contributed by atoms with Crippen molar-refractivity contribution in [3.63, 3.8) is 0 Å². The number of nitro groups is 2. The van der Waals surface area contributed by atoms with Crippen LogP contribution in [0.2, 0.25) is 0 Å². The molecule has 0 bridgehead atoms. The highest BCUT2D eigenvalue weighted by Gasteiger charge is 2.38. The van der Waals surface area contributed by atoms with Gasteiger partial charge in [-0.25, -0.2) is 14.5 Å². The predicted molar refractivity (Wildman–Crippen MR) is 126 cm³/mol. The third-order valence-electron chi connectivity index (χ3n) is 5.36. The smallest absolute Gasteiger partial charge is 0.428 e. The molecule has 3 atom stereocenters. The van der Waals surface area contributed by atoms with Crippen LogP contribution in [0.3, 0.4) is 0 Å². The third-order valence-corrected chi connectivity index (χ3v) is 5.73. The van der Waals surface area contributed by atoms with Crippen LogP contribution in [0.25, 0.3) is 0 Å². The Kier molecular flexibility index (Phi) is 8.63. The van der Waals surface area contributed by atoms with Gasteiger partial charge < -0.3 is 14.4 Å². The van der Waals surface area contributed by atoms with E-state index in [2.05, 4.69) is 12.6 Å². The Morgan fingerprint density at radius 2 is 1.83 bits per heavy atom. The Bertz CT molecular complexity index is 1160. The minimum atomic E-state index is -1.81. The van der Waals surface area contributed by atoms with E-state index >= 15 is 0 Å². The summed E-state index contributed by atoms with van der Waals surface area (Å²) in [5.41, 5.74) is 0.556. The molecule has 1 aliphatic heterocycles. The fourth-order valence-electron chi connectivity index (χ4n) is 3.61. The number of benzene rings is 2. The average Bonchev–Trinajstić information content (AvgIpc) is 3.24. The summed E-state index contributed by atoms with van der Waals surface area (Å²) in [6.07, 6.45) is -1.79. The maximum Gasteiger partial charge on any atom is 0.428 e. The van der Waals surface area contributed by atoms with Gasteiger partial charge in [0.1, 0.15) is 6.61 Å². The van der Waals surface area contributed by atoms with E-state index in [1.165, 1.54) is 41.3 Å². The zero-order valence-electron chi connectivity index (χ0n) is 18.7. The first-order chi connectivity index (χ1) is 17.2. The van der Waals surface area contributed by atoms with Gasteiger partial charge in [-0.15, -0.1) is 0 Å². The Labute approximate surface area is 210 Å². The molecule has 1 heterocycles. The number of hydrogen-bond donors (Lipinski definition) is 1. The molecule has 13 nitrogen and oxygen atoms in total. The second kappa shape index (κ2) is 11.8. The number of nitro benzene ring substituents is 1. The van der Waals surface area contributed by atoms with E-state index in [9.17, 15) is 35.1 Å². The molecule has 1 fully saturated rings. The van der Waals surface area contributed by atoms with Crippen molar-refractivity contribution in [1.29, 1.82) is 5.26 Å². The molecule has 2 aromatic carbocycles. The summed E-state index contributed by atoms with van der Waals surface area (Å²) in [4.78, 5) is 48.0. The summed E-state index contributed by atoms with van der Waals surface area (Å²) in [6, 6.07) is 12.4. The molecular formula is C22H21N5O8S. The van der Waals surface area contributed by atoms with Crippen molar-refractivity contribution >= 4 is 30.5 Å². The summed E-state index contributed by atoms with van der Waals surface area (Å²) >= 11 is 4.39. The van der Waals surface area contributed by atoms with Gasteiger partial charge in [-0.05, 0) is 36.2 Å². The quantitative estimate of drug-likeness (QED) is 0.138. The highest BCUT2D eigenvalue weighted by atomic mass is 32.1. The molecule has 3 unspecified atom stereocenters. The number of thiol groups is 1. The topological polar surface area (TPSA) is 169 Å². The van der Waals surface area contributed by atoms with Gasteiger partial charge in [0.15, 0.2) is 6.19 Å². The summed E-state index contributed by atoms with van der Waals surface area (Å²) in [5.74, 6) is 0. The van der Waals surface area contributed by atoms with Crippen LogP contribution in [0.5, 0.6) is 0 Å². The number of amides is 2. The first-order valence-electron chi connectivity index (χ1n) is 10.6. The number of nitriles is 1. The molecule has 0 aromatic heterocycles. The van der Waals surface area contributed by atoms with Gasteiger partial charge in [0.05, 0.1) is 28.0 Å². The summed E-state index contributed by atoms with van der Waals surface area (Å²) < 4.78 is 10.3. The van der Waals surface area contributed by atoms with Crippen molar-refractivity contribution in [1.82, 2.24) is 9.80 Å². The number of nitrogens with zero attached hydrogens (tertiary/aromatic N) is 5. The maximum atomic E-state index is 12.7. The lowest BCUT2D eigenvalue weighted by atomic mass is 10.2. The molecule has 2 amide bonds. The monoisotopic (exact) mass is 515 g/mol. The van der Waals surface area contributed by atoms with E-state index < -0.39 is 34.3 Å². The summed E-state index contributed by atoms with van der Waals surface area (Å²) in [6.45, 7) is -0.246. The molecule has 1 saturated heterocycles. The Morgan fingerprint density at radius 1 is 1.17 bits per heavy atom. The van der Waals surface area contributed by atoms with Crippen molar-refractivity contribution in [2.75, 3.05) is 13.1 Å². The Morgan fingerprint density at radius 3 is 2.42 bits per heavy atom. The number of non-ortho nitro benzene ring substituents is 1. The second-order valence-corrected chi connectivity index (χ2v) is 8.55. The van der Waals surface area contributed by atoms with Gasteiger partial charge in [-0.2, -0.15) is 17.9 Å². The van der Waals surface area contributed by atoms with Crippen LogP contribution < -0.4 is 0 Å². The number of ether oxygens (including phenoxy) is 2. The van der Waals surface area contributed by atoms with E-state index in [4.69, 9.17) is 9.47 Å². The van der Waals surface area contributed by atoms with Crippen LogP contribution >= 0.6 is 12.6 Å². The van der Waals surface area contributed by atoms with Crippen molar-refractivity contribution in [2.45, 2.75) is 30.5 Å². The van der Waals surface area contributed by atoms with Gasteiger partial charge in [0.25, 0.3) is 5.69 Å². The molecule has 1 aliphatic rings. The zero-order chi connectivity index (χ0) is 26.2. The SMILES string of the molecule is N#CN(CC1CC(S)CN1C(=O)OCc1ccc([N+](=O)[O-])cc1)C(=O)OC(c1ccccc1)[N+](=O)[O-]. The normalized spacial score (nSPS) is 17.5. The van der Waals surface area contributed by atoms with Crippen LogP contribution in [0.1, 0.15) is 23.8 Å². The van der Waals surface area contributed by atoms with Crippen LogP contribution in [0, 0.1) is 31.7 Å². The fraction of sp³-hybridized carbons (Fsp3) is 0.318. The van der Waals surface area contributed by atoms with Crippen molar-refractivity contribution in [3.8, 4) is 6.19 Å².